The molecule has 0 spiro atoms. The van der Waals surface area contributed by atoms with Crippen LogP contribution in [0, 0.1) is 11.3 Å². The van der Waals surface area contributed by atoms with Gasteiger partial charge in [0.25, 0.3) is 0 Å². The number of hydrogen-bond acceptors (Lipinski definition) is 4. The fourth-order valence-electron chi connectivity index (χ4n) is 1.06. The molecule has 0 aliphatic heterocycles. The van der Waals surface area contributed by atoms with Crippen molar-refractivity contribution in [2.24, 2.45) is 0 Å². The smallest absolute Gasteiger partial charge is 0.223 e. The summed E-state index contributed by atoms with van der Waals surface area (Å²) in [7, 11) is 0. The molecule has 4 nitrogen and oxygen atoms in total. The van der Waals surface area contributed by atoms with Gasteiger partial charge < -0.3 is 5.32 Å². The van der Waals surface area contributed by atoms with Gasteiger partial charge in [0.15, 0.2) is 0 Å². The molecule has 4 heteroatoms. The highest BCUT2D eigenvalue weighted by Crippen LogP contribution is 2.22. The summed E-state index contributed by atoms with van der Waals surface area (Å²) in [5.41, 5.74) is 0.778. The van der Waals surface area contributed by atoms with Gasteiger partial charge in [-0.3, -0.25) is 0 Å². The molecular formula is C9H10N4. The zero-order valence-corrected chi connectivity index (χ0v) is 7.20. The van der Waals surface area contributed by atoms with Gasteiger partial charge in [0.1, 0.15) is 0 Å². The van der Waals surface area contributed by atoms with Crippen LogP contribution in [0.2, 0.25) is 0 Å². The molecule has 0 bridgehead atoms. The Bertz CT molecular complexity index is 338. The van der Waals surface area contributed by atoms with E-state index in [4.69, 9.17) is 5.26 Å². The summed E-state index contributed by atoms with van der Waals surface area (Å²) in [5.74, 6) is 0.648. The van der Waals surface area contributed by atoms with Crippen LogP contribution in [0.3, 0.4) is 0 Å². The minimum absolute atomic E-state index is 0.349. The second-order valence-corrected chi connectivity index (χ2v) is 3.13. The first kappa shape index (κ1) is 7.99. The van der Waals surface area contributed by atoms with E-state index in [9.17, 15) is 0 Å². The van der Waals surface area contributed by atoms with Gasteiger partial charge in [-0.15, -0.1) is 0 Å². The van der Waals surface area contributed by atoms with Crippen molar-refractivity contribution in [2.45, 2.75) is 25.3 Å². The second-order valence-electron chi connectivity index (χ2n) is 3.13. The third-order valence-electron chi connectivity index (χ3n) is 1.88. The fourth-order valence-corrected chi connectivity index (χ4v) is 1.06. The summed E-state index contributed by atoms with van der Waals surface area (Å²) >= 11 is 0. The molecule has 0 saturated heterocycles. The molecular weight excluding hydrogens is 164 g/mol. The SMILES string of the molecule is N#CCc1ccnc(NC2CC2)n1. The zero-order chi connectivity index (χ0) is 9.10. The average molecular weight is 174 g/mol. The Morgan fingerprint density at radius 1 is 1.62 bits per heavy atom. The molecule has 1 heterocycles. The molecule has 2 rings (SSSR count). The van der Waals surface area contributed by atoms with Crippen LogP contribution in [0.1, 0.15) is 18.5 Å². The molecule has 0 amide bonds. The monoisotopic (exact) mass is 174 g/mol. The van der Waals surface area contributed by atoms with Crippen molar-refractivity contribution in [3.05, 3.63) is 18.0 Å². The Morgan fingerprint density at radius 3 is 3.15 bits per heavy atom. The lowest BCUT2D eigenvalue weighted by atomic mass is 10.3. The summed E-state index contributed by atoms with van der Waals surface area (Å²) in [4.78, 5) is 8.27. The van der Waals surface area contributed by atoms with Crippen LogP contribution in [-0.4, -0.2) is 16.0 Å². The Labute approximate surface area is 76.6 Å². The normalized spacial score (nSPS) is 15.0. The van der Waals surface area contributed by atoms with Gasteiger partial charge >= 0.3 is 0 Å². The van der Waals surface area contributed by atoms with Crippen molar-refractivity contribution in [1.82, 2.24) is 9.97 Å². The maximum atomic E-state index is 8.47. The van der Waals surface area contributed by atoms with E-state index in [2.05, 4.69) is 21.4 Å². The van der Waals surface area contributed by atoms with Crippen molar-refractivity contribution in [2.75, 3.05) is 5.32 Å². The number of rotatable bonds is 3. The summed E-state index contributed by atoms with van der Waals surface area (Å²) in [5, 5.41) is 11.7. The van der Waals surface area contributed by atoms with E-state index in [-0.39, 0.29) is 0 Å². The van der Waals surface area contributed by atoms with E-state index in [1.54, 1.807) is 12.3 Å². The predicted molar refractivity (Wildman–Crippen MR) is 48.0 cm³/mol. The maximum Gasteiger partial charge on any atom is 0.223 e. The number of aromatic nitrogens is 2. The molecule has 1 aromatic rings. The van der Waals surface area contributed by atoms with Crippen LogP contribution in [0.15, 0.2) is 12.3 Å². The minimum atomic E-state index is 0.349. The lowest BCUT2D eigenvalue weighted by molar-refractivity contribution is 1.01. The van der Waals surface area contributed by atoms with Crippen molar-refractivity contribution in [3.8, 4) is 6.07 Å². The molecule has 1 aliphatic carbocycles. The van der Waals surface area contributed by atoms with Crippen molar-refractivity contribution in [1.29, 1.82) is 5.26 Å². The first-order valence-electron chi connectivity index (χ1n) is 4.34. The number of anilines is 1. The summed E-state index contributed by atoms with van der Waals surface area (Å²) in [6.45, 7) is 0. The van der Waals surface area contributed by atoms with Crippen LogP contribution in [0.5, 0.6) is 0 Å². The molecule has 1 N–H and O–H groups in total. The van der Waals surface area contributed by atoms with E-state index in [0.717, 1.165) is 5.69 Å². The Balaban J connectivity index is 2.07. The highest BCUT2D eigenvalue weighted by Gasteiger charge is 2.21. The highest BCUT2D eigenvalue weighted by molar-refractivity contribution is 5.29. The van der Waals surface area contributed by atoms with Gasteiger partial charge in [-0.2, -0.15) is 5.26 Å². The third kappa shape index (κ3) is 2.15. The number of nitrogens with zero attached hydrogens (tertiary/aromatic N) is 3. The van der Waals surface area contributed by atoms with E-state index in [0.29, 0.717) is 18.4 Å². The molecule has 13 heavy (non-hydrogen) atoms. The molecule has 1 aliphatic rings. The molecule has 0 aromatic carbocycles. The van der Waals surface area contributed by atoms with Gasteiger partial charge in [0.05, 0.1) is 18.2 Å². The van der Waals surface area contributed by atoms with Gasteiger partial charge in [-0.05, 0) is 18.9 Å². The quantitative estimate of drug-likeness (QED) is 0.745. The Kier molecular flexibility index (Phi) is 2.09. The maximum absolute atomic E-state index is 8.47. The Hall–Kier alpha value is -1.63. The first-order valence-corrected chi connectivity index (χ1v) is 4.34. The average Bonchev–Trinajstić information content (AvgIpc) is 2.90. The van der Waals surface area contributed by atoms with Crippen molar-refractivity contribution < 1.29 is 0 Å². The molecule has 0 radical (unpaired) electrons. The largest absolute Gasteiger partial charge is 0.351 e. The van der Waals surface area contributed by atoms with Crippen LogP contribution < -0.4 is 5.32 Å². The number of nitrogens with one attached hydrogen (secondary N) is 1. The van der Waals surface area contributed by atoms with Gasteiger partial charge in [-0.25, -0.2) is 9.97 Å². The molecule has 1 aromatic heterocycles. The van der Waals surface area contributed by atoms with Crippen LogP contribution in [-0.2, 0) is 6.42 Å². The summed E-state index contributed by atoms with van der Waals surface area (Å²) in [6.07, 6.45) is 4.43. The topological polar surface area (TPSA) is 61.6 Å². The van der Waals surface area contributed by atoms with E-state index in [1.165, 1.54) is 12.8 Å². The standard InChI is InChI=1S/C9H10N4/c10-5-3-8-4-6-11-9(13-8)12-7-1-2-7/h4,6-7H,1-3H2,(H,11,12,13). The molecule has 1 fully saturated rings. The summed E-state index contributed by atoms with van der Waals surface area (Å²) in [6, 6.07) is 4.38. The van der Waals surface area contributed by atoms with Crippen LogP contribution >= 0.6 is 0 Å². The van der Waals surface area contributed by atoms with E-state index >= 15 is 0 Å². The van der Waals surface area contributed by atoms with Gasteiger partial charge in [0.2, 0.25) is 5.95 Å². The van der Waals surface area contributed by atoms with Crippen LogP contribution in [0.4, 0.5) is 5.95 Å². The molecule has 0 atom stereocenters. The van der Waals surface area contributed by atoms with Gasteiger partial charge in [0, 0.05) is 12.2 Å². The van der Waals surface area contributed by atoms with E-state index < -0.39 is 0 Å². The van der Waals surface area contributed by atoms with Gasteiger partial charge in [-0.1, -0.05) is 0 Å². The van der Waals surface area contributed by atoms with Crippen molar-refractivity contribution in [3.63, 3.8) is 0 Å². The lowest BCUT2D eigenvalue weighted by Gasteiger charge is -2.02. The van der Waals surface area contributed by atoms with Crippen LogP contribution in [0.25, 0.3) is 0 Å². The number of hydrogen-bond donors (Lipinski definition) is 1. The van der Waals surface area contributed by atoms with E-state index in [1.807, 2.05) is 0 Å². The van der Waals surface area contributed by atoms with Crippen molar-refractivity contribution >= 4 is 5.95 Å². The zero-order valence-electron chi connectivity index (χ0n) is 7.20. The predicted octanol–water partition coefficient (Wildman–Crippen LogP) is 1.12. The minimum Gasteiger partial charge on any atom is -0.351 e. The highest BCUT2D eigenvalue weighted by atomic mass is 15.1. The molecule has 66 valence electrons. The number of nitriles is 1. The second kappa shape index (κ2) is 3.40. The molecule has 1 saturated carbocycles. The lowest BCUT2D eigenvalue weighted by Crippen LogP contribution is -2.06. The molecule has 0 unspecified atom stereocenters. The first-order chi connectivity index (χ1) is 6.38. The Morgan fingerprint density at radius 2 is 2.46 bits per heavy atom. The third-order valence-corrected chi connectivity index (χ3v) is 1.88. The summed E-state index contributed by atoms with van der Waals surface area (Å²) < 4.78 is 0. The fraction of sp³-hybridized carbons (Fsp3) is 0.444.